The smallest absolute Gasteiger partial charge is 0.225 e. The second-order valence-electron chi connectivity index (χ2n) is 6.76. The Labute approximate surface area is 159 Å². The summed E-state index contributed by atoms with van der Waals surface area (Å²) in [5.74, 6) is -0.0719. The molecule has 27 heavy (non-hydrogen) atoms. The molecule has 1 aliphatic heterocycles. The largest absolute Gasteiger partial charge is 0.383 e. The molecule has 1 aliphatic rings. The average Bonchev–Trinajstić information content (AvgIpc) is 3.19. The SMILES string of the molecule is COCCN1CC(C(=O)NCc2ccccc2Cn2cccn2)CCC1=O. The minimum atomic E-state index is -0.169. The zero-order valence-electron chi connectivity index (χ0n) is 15.6. The third-order valence-electron chi connectivity index (χ3n) is 4.90. The number of carbonyl (C=O) groups is 2. The molecule has 2 amide bonds. The van der Waals surface area contributed by atoms with E-state index in [1.54, 1.807) is 18.2 Å². The van der Waals surface area contributed by atoms with Gasteiger partial charge in [-0.05, 0) is 23.6 Å². The number of likely N-dealkylation sites (tertiary alicyclic amines) is 1. The first-order valence-electron chi connectivity index (χ1n) is 9.26. The molecule has 7 nitrogen and oxygen atoms in total. The Bertz CT molecular complexity index is 760. The summed E-state index contributed by atoms with van der Waals surface area (Å²) < 4.78 is 6.91. The number of hydrogen-bond acceptors (Lipinski definition) is 4. The third kappa shape index (κ3) is 5.17. The maximum atomic E-state index is 12.6. The minimum absolute atomic E-state index is 0.00110. The molecule has 1 N–H and O–H groups in total. The summed E-state index contributed by atoms with van der Waals surface area (Å²) in [6, 6.07) is 9.93. The molecule has 144 valence electrons. The van der Waals surface area contributed by atoms with Crippen LogP contribution in [0.15, 0.2) is 42.7 Å². The van der Waals surface area contributed by atoms with Gasteiger partial charge in [0.05, 0.1) is 19.1 Å². The molecular formula is C20H26N4O3. The van der Waals surface area contributed by atoms with Crippen LogP contribution in [-0.2, 0) is 27.4 Å². The number of amides is 2. The number of piperidine rings is 1. The monoisotopic (exact) mass is 370 g/mol. The molecule has 0 radical (unpaired) electrons. The number of nitrogens with zero attached hydrogens (tertiary/aromatic N) is 3. The summed E-state index contributed by atoms with van der Waals surface area (Å²) in [5.41, 5.74) is 2.20. The predicted octanol–water partition coefficient (Wildman–Crippen LogP) is 1.43. The molecule has 7 heteroatoms. The van der Waals surface area contributed by atoms with Gasteiger partial charge in [-0.2, -0.15) is 5.10 Å². The summed E-state index contributed by atoms with van der Waals surface area (Å²) >= 11 is 0. The second kappa shape index (κ2) is 9.32. The highest BCUT2D eigenvalue weighted by Crippen LogP contribution is 2.18. The van der Waals surface area contributed by atoms with Crippen molar-refractivity contribution >= 4 is 11.8 Å². The van der Waals surface area contributed by atoms with Gasteiger partial charge in [-0.25, -0.2) is 0 Å². The molecule has 0 spiro atoms. The molecule has 2 heterocycles. The van der Waals surface area contributed by atoms with Crippen LogP contribution in [0.5, 0.6) is 0 Å². The van der Waals surface area contributed by atoms with Crippen LogP contribution in [0.4, 0.5) is 0 Å². The van der Waals surface area contributed by atoms with Gasteiger partial charge in [0.15, 0.2) is 0 Å². The van der Waals surface area contributed by atoms with Gasteiger partial charge in [-0.1, -0.05) is 24.3 Å². The molecule has 0 aliphatic carbocycles. The molecule has 1 fully saturated rings. The fourth-order valence-corrected chi connectivity index (χ4v) is 3.33. The first-order chi connectivity index (χ1) is 13.2. The number of rotatable bonds is 8. The Morgan fingerprint density at radius 2 is 2.11 bits per heavy atom. The number of aromatic nitrogens is 2. The van der Waals surface area contributed by atoms with Crippen LogP contribution in [0.25, 0.3) is 0 Å². The van der Waals surface area contributed by atoms with Crippen molar-refractivity contribution in [2.45, 2.75) is 25.9 Å². The van der Waals surface area contributed by atoms with Crippen LogP contribution in [0.2, 0.25) is 0 Å². The molecular weight excluding hydrogens is 344 g/mol. The minimum Gasteiger partial charge on any atom is -0.383 e. The number of nitrogens with one attached hydrogen (secondary N) is 1. The lowest BCUT2D eigenvalue weighted by atomic mass is 9.96. The lowest BCUT2D eigenvalue weighted by Gasteiger charge is -2.31. The van der Waals surface area contributed by atoms with Crippen LogP contribution >= 0.6 is 0 Å². The Morgan fingerprint density at radius 3 is 2.85 bits per heavy atom. The van der Waals surface area contributed by atoms with Crippen molar-refractivity contribution in [2.75, 3.05) is 26.8 Å². The van der Waals surface area contributed by atoms with Crippen LogP contribution in [0.3, 0.4) is 0 Å². The summed E-state index contributed by atoms with van der Waals surface area (Å²) in [5, 5.41) is 7.29. The van der Waals surface area contributed by atoms with Gasteiger partial charge in [0.1, 0.15) is 0 Å². The lowest BCUT2D eigenvalue weighted by Crippen LogP contribution is -2.46. The van der Waals surface area contributed by atoms with Crippen molar-refractivity contribution < 1.29 is 14.3 Å². The molecule has 1 aromatic heterocycles. The van der Waals surface area contributed by atoms with E-state index in [2.05, 4.69) is 16.5 Å². The number of benzene rings is 1. The summed E-state index contributed by atoms with van der Waals surface area (Å²) in [4.78, 5) is 26.3. The summed E-state index contributed by atoms with van der Waals surface area (Å²) in [6.45, 7) is 2.62. The predicted molar refractivity (Wildman–Crippen MR) is 101 cm³/mol. The Kier molecular flexibility index (Phi) is 6.59. The van der Waals surface area contributed by atoms with Crippen LogP contribution in [-0.4, -0.2) is 53.3 Å². The lowest BCUT2D eigenvalue weighted by molar-refractivity contribution is -0.138. The Balaban J connectivity index is 1.57. The summed E-state index contributed by atoms with van der Waals surface area (Å²) in [7, 11) is 1.61. The van der Waals surface area contributed by atoms with Crippen molar-refractivity contribution in [1.82, 2.24) is 20.0 Å². The van der Waals surface area contributed by atoms with Crippen LogP contribution < -0.4 is 5.32 Å². The quantitative estimate of drug-likeness (QED) is 0.763. The van der Waals surface area contributed by atoms with E-state index in [4.69, 9.17) is 4.74 Å². The number of methoxy groups -OCH3 is 1. The first kappa shape index (κ1) is 19.1. The van der Waals surface area contributed by atoms with E-state index >= 15 is 0 Å². The van der Waals surface area contributed by atoms with Gasteiger partial charge in [0, 0.05) is 45.6 Å². The summed E-state index contributed by atoms with van der Waals surface area (Å²) in [6.07, 6.45) is 4.69. The van der Waals surface area contributed by atoms with E-state index in [1.807, 2.05) is 35.1 Å². The van der Waals surface area contributed by atoms with Crippen LogP contribution in [0, 0.1) is 5.92 Å². The molecule has 0 bridgehead atoms. The van der Waals surface area contributed by atoms with Gasteiger partial charge in [0.25, 0.3) is 0 Å². The van der Waals surface area contributed by atoms with Gasteiger partial charge in [-0.3, -0.25) is 14.3 Å². The van der Waals surface area contributed by atoms with E-state index in [0.717, 1.165) is 11.1 Å². The topological polar surface area (TPSA) is 76.5 Å². The fraction of sp³-hybridized carbons (Fsp3) is 0.450. The van der Waals surface area contributed by atoms with Crippen molar-refractivity contribution in [3.63, 3.8) is 0 Å². The second-order valence-corrected chi connectivity index (χ2v) is 6.76. The molecule has 1 aromatic carbocycles. The highest BCUT2D eigenvalue weighted by Gasteiger charge is 2.29. The number of carbonyl (C=O) groups excluding carboxylic acids is 2. The fourth-order valence-electron chi connectivity index (χ4n) is 3.33. The maximum absolute atomic E-state index is 12.6. The normalized spacial score (nSPS) is 17.1. The van der Waals surface area contributed by atoms with E-state index in [9.17, 15) is 9.59 Å². The van der Waals surface area contributed by atoms with Crippen molar-refractivity contribution in [2.24, 2.45) is 5.92 Å². The van der Waals surface area contributed by atoms with Gasteiger partial charge < -0.3 is 15.0 Å². The highest BCUT2D eigenvalue weighted by atomic mass is 16.5. The van der Waals surface area contributed by atoms with Crippen molar-refractivity contribution in [3.05, 3.63) is 53.9 Å². The molecule has 1 unspecified atom stereocenters. The third-order valence-corrected chi connectivity index (χ3v) is 4.90. The van der Waals surface area contributed by atoms with E-state index in [0.29, 0.717) is 45.6 Å². The Hall–Kier alpha value is -2.67. The average molecular weight is 370 g/mol. The first-order valence-corrected chi connectivity index (χ1v) is 9.26. The van der Waals surface area contributed by atoms with Gasteiger partial charge in [-0.15, -0.1) is 0 Å². The molecule has 1 atom stereocenters. The van der Waals surface area contributed by atoms with Gasteiger partial charge in [0.2, 0.25) is 11.8 Å². The molecule has 0 saturated carbocycles. The molecule has 1 saturated heterocycles. The zero-order chi connectivity index (χ0) is 19.1. The molecule has 2 aromatic rings. The zero-order valence-corrected chi connectivity index (χ0v) is 15.6. The molecule has 3 rings (SSSR count). The van der Waals surface area contributed by atoms with Crippen molar-refractivity contribution in [3.8, 4) is 0 Å². The van der Waals surface area contributed by atoms with Gasteiger partial charge >= 0.3 is 0 Å². The maximum Gasteiger partial charge on any atom is 0.225 e. The van der Waals surface area contributed by atoms with E-state index in [1.165, 1.54) is 0 Å². The standard InChI is InChI=1S/C20H26N4O3/c1-27-12-11-23-14-18(7-8-19(23)25)20(26)21-13-16-5-2-3-6-17(16)15-24-10-4-9-22-24/h2-6,9-10,18H,7-8,11-15H2,1H3,(H,21,26). The highest BCUT2D eigenvalue weighted by molar-refractivity contribution is 5.83. The Morgan fingerprint density at radius 1 is 1.30 bits per heavy atom. The van der Waals surface area contributed by atoms with Crippen LogP contribution in [0.1, 0.15) is 24.0 Å². The van der Waals surface area contributed by atoms with Crippen molar-refractivity contribution in [1.29, 1.82) is 0 Å². The number of ether oxygens (including phenoxy) is 1. The van der Waals surface area contributed by atoms with E-state index in [-0.39, 0.29) is 17.7 Å². The van der Waals surface area contributed by atoms with E-state index < -0.39 is 0 Å². The number of hydrogen-bond donors (Lipinski definition) is 1.